The Balaban J connectivity index is 2.04. The van der Waals surface area contributed by atoms with Crippen LogP contribution in [0.15, 0.2) is 9.85 Å². The molecule has 0 spiro atoms. The van der Waals surface area contributed by atoms with Gasteiger partial charge in [0.1, 0.15) is 0 Å². The summed E-state index contributed by atoms with van der Waals surface area (Å²) >= 11 is 5.01. The van der Waals surface area contributed by atoms with Gasteiger partial charge in [-0.2, -0.15) is 0 Å². The third kappa shape index (κ3) is 3.60. The van der Waals surface area contributed by atoms with Gasteiger partial charge in [0.05, 0.1) is 8.66 Å². The molecule has 106 valence electrons. The number of amides is 1. The fraction of sp³-hybridized carbons (Fsp3) is 0.667. The molecule has 0 aromatic carbocycles. The molecular weight excluding hydrogens is 322 g/mol. The minimum Gasteiger partial charge on any atom is -0.348 e. The van der Waals surface area contributed by atoms with E-state index < -0.39 is 0 Å². The van der Waals surface area contributed by atoms with Gasteiger partial charge in [0.25, 0.3) is 5.91 Å². The average Bonchev–Trinajstić information content (AvgIpc) is 2.70. The first kappa shape index (κ1) is 15.0. The summed E-state index contributed by atoms with van der Waals surface area (Å²) in [6.45, 7) is 6.55. The van der Waals surface area contributed by atoms with Crippen molar-refractivity contribution in [3.8, 4) is 0 Å². The Morgan fingerprint density at radius 2 is 2.11 bits per heavy atom. The molecule has 0 aliphatic heterocycles. The van der Waals surface area contributed by atoms with E-state index in [1.807, 2.05) is 13.0 Å². The number of carbonyl (C=O) groups excluding carboxylic acids is 1. The van der Waals surface area contributed by atoms with Crippen LogP contribution in [0.2, 0.25) is 0 Å². The zero-order valence-electron chi connectivity index (χ0n) is 11.8. The Labute approximate surface area is 128 Å². The normalized spacial score (nSPS) is 23.6. The first-order valence-corrected chi connectivity index (χ1v) is 8.66. The summed E-state index contributed by atoms with van der Waals surface area (Å²) in [6.07, 6.45) is 4.91. The van der Waals surface area contributed by atoms with E-state index in [4.69, 9.17) is 0 Å². The van der Waals surface area contributed by atoms with Crippen LogP contribution in [0.3, 0.4) is 0 Å². The highest BCUT2D eigenvalue weighted by Gasteiger charge is 2.29. The lowest BCUT2D eigenvalue weighted by Gasteiger charge is -2.34. The summed E-state index contributed by atoms with van der Waals surface area (Å²) in [5.74, 6) is 1.36. The van der Waals surface area contributed by atoms with Gasteiger partial charge in [0.15, 0.2) is 0 Å². The van der Waals surface area contributed by atoms with Crippen LogP contribution in [0.25, 0.3) is 0 Å². The number of hydrogen-bond donors (Lipinski definition) is 1. The van der Waals surface area contributed by atoms with Gasteiger partial charge in [0, 0.05) is 6.04 Å². The van der Waals surface area contributed by atoms with E-state index in [2.05, 4.69) is 35.1 Å². The van der Waals surface area contributed by atoms with E-state index in [0.717, 1.165) is 20.6 Å². The maximum absolute atomic E-state index is 12.3. The van der Waals surface area contributed by atoms with Crippen LogP contribution in [0.1, 0.15) is 54.8 Å². The molecule has 4 heteroatoms. The highest BCUT2D eigenvalue weighted by Crippen LogP contribution is 2.31. The second-order valence-corrected chi connectivity index (χ2v) is 8.21. The maximum Gasteiger partial charge on any atom is 0.261 e. The standard InChI is InChI=1S/C15H22BrNOS/c1-9(2)11-6-4-5-7-12(11)17-15(18)13-8-10(3)14(16)19-13/h8-9,11-12H,4-7H2,1-3H3,(H,17,18). The summed E-state index contributed by atoms with van der Waals surface area (Å²) in [7, 11) is 0. The topological polar surface area (TPSA) is 29.1 Å². The summed E-state index contributed by atoms with van der Waals surface area (Å²) < 4.78 is 1.06. The highest BCUT2D eigenvalue weighted by atomic mass is 79.9. The fourth-order valence-corrected chi connectivity index (χ4v) is 4.39. The molecular formula is C15H22BrNOS. The number of aryl methyl sites for hydroxylation is 1. The molecule has 0 bridgehead atoms. The number of rotatable bonds is 3. The molecule has 1 amide bonds. The molecule has 2 unspecified atom stereocenters. The first-order chi connectivity index (χ1) is 8.99. The van der Waals surface area contributed by atoms with E-state index >= 15 is 0 Å². The van der Waals surface area contributed by atoms with E-state index in [1.54, 1.807) is 0 Å². The van der Waals surface area contributed by atoms with Crippen molar-refractivity contribution in [2.75, 3.05) is 0 Å². The van der Waals surface area contributed by atoms with Crippen LogP contribution >= 0.6 is 27.3 Å². The Hall–Kier alpha value is -0.350. The Morgan fingerprint density at radius 3 is 2.68 bits per heavy atom. The molecule has 2 atom stereocenters. The van der Waals surface area contributed by atoms with Gasteiger partial charge in [-0.3, -0.25) is 4.79 Å². The van der Waals surface area contributed by atoms with Crippen LogP contribution in [-0.4, -0.2) is 11.9 Å². The van der Waals surface area contributed by atoms with E-state index in [9.17, 15) is 4.79 Å². The van der Waals surface area contributed by atoms with Crippen LogP contribution in [0.5, 0.6) is 0 Å². The predicted octanol–water partition coefficient (Wildman–Crippen LogP) is 4.76. The van der Waals surface area contributed by atoms with Gasteiger partial charge in [-0.25, -0.2) is 0 Å². The van der Waals surface area contributed by atoms with Crippen LogP contribution < -0.4 is 5.32 Å². The second-order valence-electron chi connectivity index (χ2n) is 5.84. The van der Waals surface area contributed by atoms with Crippen molar-refractivity contribution < 1.29 is 4.79 Å². The van der Waals surface area contributed by atoms with E-state index in [0.29, 0.717) is 17.9 Å². The summed E-state index contributed by atoms with van der Waals surface area (Å²) in [5, 5.41) is 3.26. The summed E-state index contributed by atoms with van der Waals surface area (Å²) in [4.78, 5) is 13.1. The monoisotopic (exact) mass is 343 g/mol. The Morgan fingerprint density at radius 1 is 1.42 bits per heavy atom. The molecule has 1 heterocycles. The van der Waals surface area contributed by atoms with Crippen LogP contribution in [-0.2, 0) is 0 Å². The predicted molar refractivity (Wildman–Crippen MR) is 84.8 cm³/mol. The van der Waals surface area contributed by atoms with Gasteiger partial charge < -0.3 is 5.32 Å². The molecule has 1 aliphatic carbocycles. The van der Waals surface area contributed by atoms with Gasteiger partial charge in [-0.05, 0) is 59.2 Å². The second kappa shape index (κ2) is 6.40. The lowest BCUT2D eigenvalue weighted by atomic mass is 9.78. The third-order valence-electron chi connectivity index (χ3n) is 4.07. The maximum atomic E-state index is 12.3. The van der Waals surface area contributed by atoms with Crippen molar-refractivity contribution in [2.24, 2.45) is 11.8 Å². The number of halogens is 1. The van der Waals surface area contributed by atoms with Gasteiger partial charge in [-0.1, -0.05) is 26.7 Å². The molecule has 1 aliphatic rings. The number of thiophene rings is 1. The summed E-state index contributed by atoms with van der Waals surface area (Å²) in [6, 6.07) is 2.32. The minimum absolute atomic E-state index is 0.0938. The molecule has 1 aromatic rings. The molecule has 1 fully saturated rings. The molecule has 2 rings (SSSR count). The Kier molecular flexibility index (Phi) is 5.07. The van der Waals surface area contributed by atoms with E-state index in [-0.39, 0.29) is 5.91 Å². The van der Waals surface area contributed by atoms with Crippen LogP contribution in [0, 0.1) is 18.8 Å². The summed E-state index contributed by atoms with van der Waals surface area (Å²) in [5.41, 5.74) is 1.14. The smallest absolute Gasteiger partial charge is 0.261 e. The van der Waals surface area contributed by atoms with Gasteiger partial charge in [-0.15, -0.1) is 11.3 Å². The number of hydrogen-bond acceptors (Lipinski definition) is 2. The van der Waals surface area contributed by atoms with Crippen molar-refractivity contribution in [1.82, 2.24) is 5.32 Å². The average molecular weight is 344 g/mol. The molecule has 2 nitrogen and oxygen atoms in total. The van der Waals surface area contributed by atoms with Crippen molar-refractivity contribution in [1.29, 1.82) is 0 Å². The molecule has 19 heavy (non-hydrogen) atoms. The van der Waals surface area contributed by atoms with Gasteiger partial charge in [0.2, 0.25) is 0 Å². The van der Waals surface area contributed by atoms with Crippen molar-refractivity contribution >= 4 is 33.2 Å². The van der Waals surface area contributed by atoms with Crippen molar-refractivity contribution in [3.05, 3.63) is 20.3 Å². The fourth-order valence-electron chi connectivity index (χ4n) is 2.95. The Bertz CT molecular complexity index is 435. The molecule has 0 radical (unpaired) electrons. The SMILES string of the molecule is Cc1cc(C(=O)NC2CCCCC2C(C)C)sc1Br. The minimum atomic E-state index is 0.0938. The molecule has 1 saturated carbocycles. The molecule has 0 saturated heterocycles. The molecule has 1 N–H and O–H groups in total. The lowest BCUT2D eigenvalue weighted by Crippen LogP contribution is -2.43. The van der Waals surface area contributed by atoms with Crippen LogP contribution in [0.4, 0.5) is 0 Å². The first-order valence-electron chi connectivity index (χ1n) is 7.06. The molecule has 1 aromatic heterocycles. The van der Waals surface area contributed by atoms with Crippen molar-refractivity contribution in [2.45, 2.75) is 52.5 Å². The largest absolute Gasteiger partial charge is 0.348 e. The zero-order valence-corrected chi connectivity index (χ0v) is 14.2. The van der Waals surface area contributed by atoms with Crippen molar-refractivity contribution in [3.63, 3.8) is 0 Å². The number of nitrogens with one attached hydrogen (secondary N) is 1. The number of carbonyl (C=O) groups is 1. The lowest BCUT2D eigenvalue weighted by molar-refractivity contribution is 0.0893. The highest BCUT2D eigenvalue weighted by molar-refractivity contribution is 9.11. The van der Waals surface area contributed by atoms with E-state index in [1.165, 1.54) is 30.6 Å². The zero-order chi connectivity index (χ0) is 14.0. The quantitative estimate of drug-likeness (QED) is 0.841. The van der Waals surface area contributed by atoms with Gasteiger partial charge >= 0.3 is 0 Å². The third-order valence-corrected chi connectivity index (χ3v) is 6.21.